The summed E-state index contributed by atoms with van der Waals surface area (Å²) in [7, 11) is 0. The van der Waals surface area contributed by atoms with Gasteiger partial charge in [0, 0.05) is 37.3 Å². The first-order valence-corrected chi connectivity index (χ1v) is 8.63. The van der Waals surface area contributed by atoms with E-state index >= 15 is 0 Å². The van der Waals surface area contributed by atoms with Crippen LogP contribution in [0.25, 0.3) is 0 Å². The topological polar surface area (TPSA) is 52.7 Å². The monoisotopic (exact) mass is 313 g/mol. The van der Waals surface area contributed by atoms with Crippen LogP contribution in [0.1, 0.15) is 31.2 Å². The van der Waals surface area contributed by atoms with Crippen molar-refractivity contribution in [2.45, 2.75) is 44.2 Å². The maximum absolute atomic E-state index is 12.9. The summed E-state index contributed by atoms with van der Waals surface area (Å²) in [5.74, 6) is 0.293. The average molecular weight is 313 g/mol. The van der Waals surface area contributed by atoms with Gasteiger partial charge in [0.25, 0.3) is 0 Å². The standard InChI is InChI=1S/C18H23N3O2/c22-17-10-14-7-8-15(11-19-17)21(14)12-18(23)20-9-3-5-13-4-1-2-6-16(13)20/h1-2,4,6,14-15H,3,5,7-12H2,(H,19,22). The molecule has 5 heteroatoms. The Balaban J connectivity index is 1.51. The maximum Gasteiger partial charge on any atom is 0.241 e. The normalized spacial score (nSPS) is 27.3. The van der Waals surface area contributed by atoms with Gasteiger partial charge < -0.3 is 10.2 Å². The third-order valence-corrected chi connectivity index (χ3v) is 5.46. The molecule has 3 heterocycles. The third-order valence-electron chi connectivity index (χ3n) is 5.46. The lowest BCUT2D eigenvalue weighted by Crippen LogP contribution is -2.47. The highest BCUT2D eigenvalue weighted by Gasteiger charge is 2.39. The molecule has 122 valence electrons. The zero-order chi connectivity index (χ0) is 15.8. The summed E-state index contributed by atoms with van der Waals surface area (Å²) < 4.78 is 0. The number of carbonyl (C=O) groups excluding carboxylic acids is 2. The van der Waals surface area contributed by atoms with Gasteiger partial charge in [-0.25, -0.2) is 0 Å². The van der Waals surface area contributed by atoms with E-state index in [4.69, 9.17) is 0 Å². The van der Waals surface area contributed by atoms with Crippen LogP contribution in [0.5, 0.6) is 0 Å². The number of aryl methyl sites for hydroxylation is 1. The molecule has 5 nitrogen and oxygen atoms in total. The summed E-state index contributed by atoms with van der Waals surface area (Å²) in [4.78, 5) is 28.9. The molecule has 2 atom stereocenters. The number of benzene rings is 1. The second-order valence-electron chi connectivity index (χ2n) is 6.84. The van der Waals surface area contributed by atoms with Crippen LogP contribution in [-0.4, -0.2) is 48.4 Å². The van der Waals surface area contributed by atoms with E-state index in [0.717, 1.165) is 37.9 Å². The van der Waals surface area contributed by atoms with E-state index < -0.39 is 0 Å². The molecule has 23 heavy (non-hydrogen) atoms. The number of hydrogen-bond donors (Lipinski definition) is 1. The number of hydrogen-bond acceptors (Lipinski definition) is 3. The molecule has 2 unspecified atom stereocenters. The largest absolute Gasteiger partial charge is 0.354 e. The van der Waals surface area contributed by atoms with Crippen molar-refractivity contribution in [3.8, 4) is 0 Å². The zero-order valence-corrected chi connectivity index (χ0v) is 13.3. The van der Waals surface area contributed by atoms with Crippen molar-refractivity contribution < 1.29 is 9.59 Å². The summed E-state index contributed by atoms with van der Waals surface area (Å²) in [6.07, 6.45) is 4.71. The van der Waals surface area contributed by atoms with Crippen molar-refractivity contribution in [1.82, 2.24) is 10.2 Å². The van der Waals surface area contributed by atoms with Gasteiger partial charge in [-0.1, -0.05) is 18.2 Å². The number of para-hydroxylation sites is 1. The van der Waals surface area contributed by atoms with Gasteiger partial charge in [0.1, 0.15) is 0 Å². The SMILES string of the molecule is O=C1CC2CCC(CN1)N2CC(=O)N1CCCc2ccccc21. The smallest absolute Gasteiger partial charge is 0.241 e. The first-order chi connectivity index (χ1) is 11.2. The molecule has 3 aliphatic heterocycles. The Kier molecular flexibility index (Phi) is 3.81. The molecule has 0 aliphatic carbocycles. The Hall–Kier alpha value is -1.88. The molecule has 2 amide bonds. The molecule has 2 fully saturated rings. The minimum atomic E-state index is 0.123. The Morgan fingerprint density at radius 3 is 2.96 bits per heavy atom. The van der Waals surface area contributed by atoms with Crippen LogP contribution in [0.2, 0.25) is 0 Å². The van der Waals surface area contributed by atoms with E-state index in [1.807, 2.05) is 17.0 Å². The van der Waals surface area contributed by atoms with Crippen LogP contribution >= 0.6 is 0 Å². The van der Waals surface area contributed by atoms with Crippen LogP contribution in [0.3, 0.4) is 0 Å². The fraction of sp³-hybridized carbons (Fsp3) is 0.556. The number of carbonyl (C=O) groups is 2. The van der Waals surface area contributed by atoms with E-state index in [-0.39, 0.29) is 17.9 Å². The first-order valence-electron chi connectivity index (χ1n) is 8.63. The van der Waals surface area contributed by atoms with E-state index in [1.54, 1.807) is 0 Å². The molecule has 2 bridgehead atoms. The summed E-state index contributed by atoms with van der Waals surface area (Å²) >= 11 is 0. The van der Waals surface area contributed by atoms with Crippen molar-refractivity contribution in [3.63, 3.8) is 0 Å². The molecule has 3 aliphatic rings. The van der Waals surface area contributed by atoms with Gasteiger partial charge in [0.05, 0.1) is 6.54 Å². The van der Waals surface area contributed by atoms with Crippen LogP contribution in [-0.2, 0) is 16.0 Å². The Morgan fingerprint density at radius 1 is 1.22 bits per heavy atom. The minimum absolute atomic E-state index is 0.123. The van der Waals surface area contributed by atoms with Crippen LogP contribution < -0.4 is 10.2 Å². The number of anilines is 1. The highest BCUT2D eigenvalue weighted by atomic mass is 16.2. The number of nitrogens with zero attached hydrogens (tertiary/aromatic N) is 2. The quantitative estimate of drug-likeness (QED) is 0.896. The molecule has 0 saturated carbocycles. The predicted molar refractivity (Wildman–Crippen MR) is 88.3 cm³/mol. The fourth-order valence-electron chi connectivity index (χ4n) is 4.26. The summed E-state index contributed by atoms with van der Waals surface area (Å²) in [6.45, 7) is 1.91. The van der Waals surface area contributed by atoms with Crippen molar-refractivity contribution in [1.29, 1.82) is 0 Å². The third kappa shape index (κ3) is 2.74. The highest BCUT2D eigenvalue weighted by Crippen LogP contribution is 2.30. The summed E-state index contributed by atoms with van der Waals surface area (Å²) in [5.41, 5.74) is 2.34. The lowest BCUT2D eigenvalue weighted by Gasteiger charge is -2.33. The molecule has 0 aromatic heterocycles. The van der Waals surface area contributed by atoms with Gasteiger partial charge >= 0.3 is 0 Å². The molecule has 0 spiro atoms. The van der Waals surface area contributed by atoms with Crippen LogP contribution in [0, 0.1) is 0 Å². The molecule has 1 N–H and O–H groups in total. The van der Waals surface area contributed by atoms with Gasteiger partial charge in [-0.2, -0.15) is 0 Å². The second-order valence-corrected chi connectivity index (χ2v) is 6.84. The second kappa shape index (κ2) is 5.96. The van der Waals surface area contributed by atoms with Crippen LogP contribution in [0.15, 0.2) is 24.3 Å². The molecule has 2 saturated heterocycles. The zero-order valence-electron chi connectivity index (χ0n) is 13.3. The maximum atomic E-state index is 12.9. The van der Waals surface area contributed by atoms with Gasteiger partial charge in [-0.05, 0) is 37.3 Å². The number of amides is 2. The van der Waals surface area contributed by atoms with Gasteiger partial charge in [-0.15, -0.1) is 0 Å². The van der Waals surface area contributed by atoms with E-state index in [2.05, 4.69) is 22.3 Å². The van der Waals surface area contributed by atoms with Crippen molar-refractivity contribution in [3.05, 3.63) is 29.8 Å². The van der Waals surface area contributed by atoms with Gasteiger partial charge in [-0.3, -0.25) is 14.5 Å². The van der Waals surface area contributed by atoms with Crippen molar-refractivity contribution in [2.24, 2.45) is 0 Å². The molecule has 4 rings (SSSR count). The van der Waals surface area contributed by atoms with Crippen molar-refractivity contribution in [2.75, 3.05) is 24.5 Å². The molecule has 0 radical (unpaired) electrons. The minimum Gasteiger partial charge on any atom is -0.354 e. The predicted octanol–water partition coefficient (Wildman–Crippen LogP) is 1.32. The molecule has 1 aromatic rings. The summed E-state index contributed by atoms with van der Waals surface area (Å²) in [6, 6.07) is 8.76. The Bertz CT molecular complexity index is 630. The molecule has 1 aromatic carbocycles. The van der Waals surface area contributed by atoms with E-state index in [1.165, 1.54) is 5.56 Å². The Labute approximate surface area is 136 Å². The van der Waals surface area contributed by atoms with Gasteiger partial charge in [0.15, 0.2) is 0 Å². The van der Waals surface area contributed by atoms with E-state index in [0.29, 0.717) is 25.6 Å². The lowest BCUT2D eigenvalue weighted by atomic mass is 10.0. The molecular formula is C18H23N3O2. The number of nitrogens with one attached hydrogen (secondary N) is 1. The average Bonchev–Trinajstić information content (AvgIpc) is 2.85. The highest BCUT2D eigenvalue weighted by molar-refractivity contribution is 5.96. The first kappa shape index (κ1) is 14.7. The summed E-state index contributed by atoms with van der Waals surface area (Å²) in [5, 5.41) is 2.97. The van der Waals surface area contributed by atoms with Crippen molar-refractivity contribution >= 4 is 17.5 Å². The molecular weight excluding hydrogens is 290 g/mol. The van der Waals surface area contributed by atoms with E-state index in [9.17, 15) is 9.59 Å². The van der Waals surface area contributed by atoms with Crippen LogP contribution in [0.4, 0.5) is 5.69 Å². The lowest BCUT2D eigenvalue weighted by molar-refractivity contribution is -0.123. The van der Waals surface area contributed by atoms with Gasteiger partial charge in [0.2, 0.25) is 11.8 Å². The number of rotatable bonds is 2. The fourth-order valence-corrected chi connectivity index (χ4v) is 4.26. The Morgan fingerprint density at radius 2 is 2.04 bits per heavy atom. The number of fused-ring (bicyclic) bond motifs is 3.